The smallest absolute Gasteiger partial charge is 0.279 e. The van der Waals surface area contributed by atoms with Gasteiger partial charge in [0.2, 0.25) is 0 Å². The number of halogens is 2. The average Bonchev–Trinajstić information content (AvgIpc) is 2.64. The first kappa shape index (κ1) is 20.6. The van der Waals surface area contributed by atoms with Crippen molar-refractivity contribution >= 4 is 33.8 Å². The molecule has 1 atom stereocenters. The molecule has 0 fully saturated rings. The van der Waals surface area contributed by atoms with E-state index in [4.69, 9.17) is 4.74 Å². The van der Waals surface area contributed by atoms with Gasteiger partial charge in [0.25, 0.3) is 11.8 Å². The van der Waals surface area contributed by atoms with Gasteiger partial charge in [0.15, 0.2) is 6.10 Å². The molecule has 142 valence electrons. The van der Waals surface area contributed by atoms with Gasteiger partial charge in [-0.3, -0.25) is 20.4 Å². The molecular formula is C20H20BrFN2O3. The number of ether oxygens (including phenoxy) is 1. The fourth-order valence-electron chi connectivity index (χ4n) is 2.17. The minimum atomic E-state index is -0.808. The highest BCUT2D eigenvalue weighted by atomic mass is 79.9. The maximum atomic E-state index is 13.6. The number of carbonyl (C=O) groups is 2. The summed E-state index contributed by atoms with van der Waals surface area (Å²) in [7, 11) is 0. The molecule has 0 spiro atoms. The standard InChI is InChI=1S/C20H20BrFN2O3/c1-12-5-4-6-18(13(12)2)27-14(3)20(26)24-23-19(25)10-7-15-11-16(21)8-9-17(15)22/h4-11,14H,1-3H3,(H,23,25)(H,24,26)/b10-7+. The molecule has 2 N–H and O–H groups in total. The molecule has 1 unspecified atom stereocenters. The molecule has 7 heteroatoms. The van der Waals surface area contributed by atoms with E-state index in [1.807, 2.05) is 26.0 Å². The van der Waals surface area contributed by atoms with Crippen molar-refractivity contribution in [1.82, 2.24) is 10.9 Å². The number of amides is 2. The van der Waals surface area contributed by atoms with Crippen LogP contribution in [0.2, 0.25) is 0 Å². The highest BCUT2D eigenvalue weighted by Crippen LogP contribution is 2.21. The van der Waals surface area contributed by atoms with Crippen LogP contribution >= 0.6 is 15.9 Å². The first-order valence-electron chi connectivity index (χ1n) is 8.23. The summed E-state index contributed by atoms with van der Waals surface area (Å²) >= 11 is 3.23. The normalized spacial score (nSPS) is 11.9. The van der Waals surface area contributed by atoms with Crippen LogP contribution < -0.4 is 15.6 Å². The number of nitrogens with one attached hydrogen (secondary N) is 2. The van der Waals surface area contributed by atoms with Gasteiger partial charge in [0, 0.05) is 16.1 Å². The minimum absolute atomic E-state index is 0.248. The minimum Gasteiger partial charge on any atom is -0.481 e. The second-order valence-electron chi connectivity index (χ2n) is 5.94. The summed E-state index contributed by atoms with van der Waals surface area (Å²) < 4.78 is 19.9. The number of aryl methyl sites for hydroxylation is 1. The molecule has 27 heavy (non-hydrogen) atoms. The first-order valence-corrected chi connectivity index (χ1v) is 9.03. The Bertz CT molecular complexity index is 884. The van der Waals surface area contributed by atoms with Crippen LogP contribution in [0.15, 0.2) is 46.9 Å². The van der Waals surface area contributed by atoms with E-state index >= 15 is 0 Å². The monoisotopic (exact) mass is 434 g/mol. The van der Waals surface area contributed by atoms with Crippen LogP contribution in [-0.4, -0.2) is 17.9 Å². The Morgan fingerprint density at radius 3 is 2.67 bits per heavy atom. The molecule has 2 aromatic rings. The fraction of sp³-hybridized carbons (Fsp3) is 0.200. The van der Waals surface area contributed by atoms with Crippen molar-refractivity contribution in [1.29, 1.82) is 0 Å². The summed E-state index contributed by atoms with van der Waals surface area (Å²) in [6, 6.07) is 9.96. The van der Waals surface area contributed by atoms with Crippen molar-refractivity contribution in [2.45, 2.75) is 26.9 Å². The number of benzene rings is 2. The number of hydrogen-bond donors (Lipinski definition) is 2. The predicted octanol–water partition coefficient (Wildman–Crippen LogP) is 3.83. The molecule has 2 rings (SSSR count). The van der Waals surface area contributed by atoms with Gasteiger partial charge in [0.05, 0.1) is 0 Å². The highest BCUT2D eigenvalue weighted by molar-refractivity contribution is 9.10. The lowest BCUT2D eigenvalue weighted by molar-refractivity contribution is -0.131. The van der Waals surface area contributed by atoms with E-state index in [9.17, 15) is 14.0 Å². The van der Waals surface area contributed by atoms with Crippen LogP contribution in [0.3, 0.4) is 0 Å². The molecule has 0 aliphatic heterocycles. The lowest BCUT2D eigenvalue weighted by Gasteiger charge is -2.17. The zero-order valence-electron chi connectivity index (χ0n) is 15.2. The quantitative estimate of drug-likeness (QED) is 0.554. The Balaban J connectivity index is 1.88. The molecule has 2 aromatic carbocycles. The van der Waals surface area contributed by atoms with Gasteiger partial charge in [0.1, 0.15) is 11.6 Å². The van der Waals surface area contributed by atoms with Gasteiger partial charge in [-0.05, 0) is 62.2 Å². The summed E-state index contributed by atoms with van der Waals surface area (Å²) in [5.74, 6) is -0.955. The average molecular weight is 435 g/mol. The second kappa shape index (κ2) is 9.32. The van der Waals surface area contributed by atoms with Crippen molar-refractivity contribution in [3.63, 3.8) is 0 Å². The van der Waals surface area contributed by atoms with Gasteiger partial charge >= 0.3 is 0 Å². The van der Waals surface area contributed by atoms with E-state index in [0.29, 0.717) is 10.2 Å². The largest absolute Gasteiger partial charge is 0.481 e. The summed E-state index contributed by atoms with van der Waals surface area (Å²) in [6.07, 6.45) is 1.64. The zero-order chi connectivity index (χ0) is 20.0. The van der Waals surface area contributed by atoms with E-state index in [0.717, 1.165) is 17.2 Å². The molecular weight excluding hydrogens is 415 g/mol. The fourth-order valence-corrected chi connectivity index (χ4v) is 2.55. The van der Waals surface area contributed by atoms with Gasteiger partial charge in [-0.25, -0.2) is 4.39 Å². The third-order valence-corrected chi connectivity index (χ3v) is 4.40. The second-order valence-corrected chi connectivity index (χ2v) is 6.85. The Hall–Kier alpha value is -2.67. The Kier molecular flexibility index (Phi) is 7.12. The molecule has 0 saturated carbocycles. The number of carbonyl (C=O) groups excluding carboxylic acids is 2. The first-order chi connectivity index (χ1) is 12.8. The molecule has 0 saturated heterocycles. The Morgan fingerprint density at radius 2 is 1.93 bits per heavy atom. The highest BCUT2D eigenvalue weighted by Gasteiger charge is 2.16. The van der Waals surface area contributed by atoms with Crippen molar-refractivity contribution in [2.24, 2.45) is 0 Å². The van der Waals surface area contributed by atoms with Crippen LogP contribution in [0.25, 0.3) is 6.08 Å². The number of hydrazine groups is 1. The van der Waals surface area contributed by atoms with Crippen LogP contribution in [-0.2, 0) is 9.59 Å². The lowest BCUT2D eigenvalue weighted by Crippen LogP contribution is -2.46. The molecule has 5 nitrogen and oxygen atoms in total. The van der Waals surface area contributed by atoms with Crippen LogP contribution in [0.4, 0.5) is 4.39 Å². The SMILES string of the molecule is Cc1cccc(OC(C)C(=O)NNC(=O)/C=C/c2cc(Br)ccc2F)c1C. The molecule has 0 radical (unpaired) electrons. The number of hydrogen-bond acceptors (Lipinski definition) is 3. The maximum absolute atomic E-state index is 13.6. The van der Waals surface area contributed by atoms with Crippen molar-refractivity contribution in [3.8, 4) is 5.75 Å². The maximum Gasteiger partial charge on any atom is 0.279 e. The van der Waals surface area contributed by atoms with E-state index in [1.54, 1.807) is 19.1 Å². The molecule has 0 aliphatic rings. The van der Waals surface area contributed by atoms with Crippen LogP contribution in [0.1, 0.15) is 23.6 Å². The van der Waals surface area contributed by atoms with Crippen LogP contribution in [0, 0.1) is 19.7 Å². The molecule has 2 amide bonds. The van der Waals surface area contributed by atoms with Gasteiger partial charge in [-0.2, -0.15) is 0 Å². The summed E-state index contributed by atoms with van der Waals surface area (Å²) in [6.45, 7) is 5.44. The Labute approximate surface area is 165 Å². The number of rotatable bonds is 5. The van der Waals surface area contributed by atoms with Crippen molar-refractivity contribution in [2.75, 3.05) is 0 Å². The van der Waals surface area contributed by atoms with Gasteiger partial charge in [-0.1, -0.05) is 28.1 Å². The molecule has 0 heterocycles. The van der Waals surface area contributed by atoms with Crippen molar-refractivity contribution in [3.05, 3.63) is 69.5 Å². The van der Waals surface area contributed by atoms with Crippen LogP contribution in [0.5, 0.6) is 5.75 Å². The summed E-state index contributed by atoms with van der Waals surface area (Å²) in [5.41, 5.74) is 6.77. The van der Waals surface area contributed by atoms with E-state index < -0.39 is 23.7 Å². The summed E-state index contributed by atoms with van der Waals surface area (Å²) in [4.78, 5) is 23.9. The molecule has 0 aromatic heterocycles. The van der Waals surface area contributed by atoms with E-state index in [1.165, 1.54) is 18.2 Å². The third kappa shape index (κ3) is 5.92. The predicted molar refractivity (Wildman–Crippen MR) is 105 cm³/mol. The molecule has 0 bridgehead atoms. The van der Waals surface area contributed by atoms with E-state index in [-0.39, 0.29) is 5.56 Å². The third-order valence-electron chi connectivity index (χ3n) is 3.91. The van der Waals surface area contributed by atoms with Gasteiger partial charge < -0.3 is 4.74 Å². The zero-order valence-corrected chi connectivity index (χ0v) is 16.8. The topological polar surface area (TPSA) is 67.4 Å². The Morgan fingerprint density at radius 1 is 1.19 bits per heavy atom. The van der Waals surface area contributed by atoms with E-state index in [2.05, 4.69) is 26.8 Å². The summed E-state index contributed by atoms with van der Waals surface area (Å²) in [5, 5.41) is 0. The van der Waals surface area contributed by atoms with Gasteiger partial charge in [-0.15, -0.1) is 0 Å². The lowest BCUT2D eigenvalue weighted by atomic mass is 10.1. The molecule has 0 aliphatic carbocycles. The van der Waals surface area contributed by atoms with Crippen molar-refractivity contribution < 1.29 is 18.7 Å².